The van der Waals surface area contributed by atoms with E-state index >= 15 is 4.39 Å². The maximum Gasteiger partial charge on any atom is 0.318 e. The highest BCUT2D eigenvalue weighted by molar-refractivity contribution is 6.31. The quantitative estimate of drug-likeness (QED) is 0.449. The van der Waals surface area contributed by atoms with Crippen LogP contribution < -0.4 is 16.0 Å². The van der Waals surface area contributed by atoms with Gasteiger partial charge in [0.15, 0.2) is 0 Å². The fraction of sp³-hybridized carbons (Fsp3) is 0.500. The molecule has 0 saturated carbocycles. The first-order valence-electron chi connectivity index (χ1n) is 12.9. The summed E-state index contributed by atoms with van der Waals surface area (Å²) in [5.74, 6) is -1.13. The van der Waals surface area contributed by atoms with E-state index in [2.05, 4.69) is 36.7 Å². The van der Waals surface area contributed by atoms with Crippen LogP contribution in [0.25, 0.3) is 0 Å². The number of hydrogen-bond donors (Lipinski definition) is 3. The summed E-state index contributed by atoms with van der Waals surface area (Å²) in [6.45, 7) is 8.30. The Kier molecular flexibility index (Phi) is 6.92. The van der Waals surface area contributed by atoms with Crippen LogP contribution in [0.3, 0.4) is 0 Å². The smallest absolute Gasteiger partial charge is 0.318 e. The molecule has 6 nitrogen and oxygen atoms in total. The van der Waals surface area contributed by atoms with Gasteiger partial charge in [-0.1, -0.05) is 62.2 Å². The minimum Gasteiger partial charge on any atom is -0.335 e. The topological polar surface area (TPSA) is 73.5 Å². The minimum absolute atomic E-state index is 0.0136. The SMILES string of the molecule is CC(C)(C)C[C@@H]1CN(C(=O)NC2CCNCC2)C(c2cccc(Cl)c2F)[C@]12C(=O)Nc1cc(Cl)ccc12. The molecule has 1 unspecified atom stereocenters. The summed E-state index contributed by atoms with van der Waals surface area (Å²) in [6.07, 6.45) is 2.28. The second kappa shape index (κ2) is 9.75. The van der Waals surface area contributed by atoms with Crippen molar-refractivity contribution in [1.29, 1.82) is 0 Å². The highest BCUT2D eigenvalue weighted by Gasteiger charge is 2.65. The first kappa shape index (κ1) is 26.3. The summed E-state index contributed by atoms with van der Waals surface area (Å²) in [5, 5.41) is 9.95. The van der Waals surface area contributed by atoms with Crippen molar-refractivity contribution < 1.29 is 14.0 Å². The van der Waals surface area contributed by atoms with Crippen LogP contribution in [0.5, 0.6) is 0 Å². The molecule has 3 aliphatic heterocycles. The van der Waals surface area contributed by atoms with E-state index < -0.39 is 17.3 Å². The zero-order valence-corrected chi connectivity index (χ0v) is 22.8. The molecule has 3 aliphatic rings. The fourth-order valence-electron chi connectivity index (χ4n) is 6.49. The number of amides is 3. The molecule has 9 heteroatoms. The van der Waals surface area contributed by atoms with Crippen LogP contribution in [0.15, 0.2) is 36.4 Å². The third-order valence-electron chi connectivity index (χ3n) is 7.92. The predicted molar refractivity (Wildman–Crippen MR) is 145 cm³/mol. The van der Waals surface area contributed by atoms with E-state index in [0.717, 1.165) is 31.5 Å². The molecule has 0 aliphatic carbocycles. The van der Waals surface area contributed by atoms with Crippen LogP contribution >= 0.6 is 23.2 Å². The van der Waals surface area contributed by atoms with Gasteiger partial charge < -0.3 is 20.9 Å². The molecule has 3 N–H and O–H groups in total. The van der Waals surface area contributed by atoms with Crippen LogP contribution in [-0.4, -0.2) is 42.5 Å². The summed E-state index contributed by atoms with van der Waals surface area (Å²) in [7, 11) is 0. The zero-order valence-electron chi connectivity index (χ0n) is 21.3. The second-order valence-electron chi connectivity index (χ2n) is 11.6. The van der Waals surface area contributed by atoms with E-state index in [1.165, 1.54) is 6.07 Å². The number of nitrogens with one attached hydrogen (secondary N) is 3. The van der Waals surface area contributed by atoms with Crippen molar-refractivity contribution in [3.63, 3.8) is 0 Å². The number of urea groups is 1. The molecule has 3 atom stereocenters. The number of nitrogens with zero attached hydrogens (tertiary/aromatic N) is 1. The van der Waals surface area contributed by atoms with Crippen molar-refractivity contribution in [3.05, 3.63) is 63.4 Å². The highest BCUT2D eigenvalue weighted by Crippen LogP contribution is 2.60. The van der Waals surface area contributed by atoms with E-state index in [-0.39, 0.29) is 39.9 Å². The lowest BCUT2D eigenvalue weighted by Crippen LogP contribution is -2.50. The van der Waals surface area contributed by atoms with Crippen LogP contribution in [0.4, 0.5) is 14.9 Å². The van der Waals surface area contributed by atoms with Crippen molar-refractivity contribution in [2.75, 3.05) is 25.0 Å². The van der Waals surface area contributed by atoms with Gasteiger partial charge in [0, 0.05) is 28.9 Å². The molecule has 3 heterocycles. The average molecular weight is 548 g/mol. The highest BCUT2D eigenvalue weighted by atomic mass is 35.5. The zero-order chi connectivity index (χ0) is 26.5. The lowest BCUT2D eigenvalue weighted by molar-refractivity contribution is -0.123. The Morgan fingerprint density at radius 1 is 1.19 bits per heavy atom. The normalized spacial score (nSPS) is 25.9. The first-order valence-corrected chi connectivity index (χ1v) is 13.6. The monoisotopic (exact) mass is 546 g/mol. The Hall–Kier alpha value is -2.35. The number of fused-ring (bicyclic) bond motifs is 2. The Morgan fingerprint density at radius 2 is 1.92 bits per heavy atom. The standard InChI is InChI=1S/C28H33Cl2FN4O2/c1-27(2,3)14-16-15-35(26(37)33-18-9-11-32-12-10-18)24(19-5-4-6-21(30)23(19)31)28(16)20-8-7-17(29)13-22(20)34-25(28)36/h4-8,13,16,18,24,32H,9-12,14-15H2,1-3H3,(H,33,37)(H,34,36)/t16-,24?,28+/m1/s1. The van der Waals surface area contributed by atoms with Crippen LogP contribution in [0, 0.1) is 17.2 Å². The number of likely N-dealkylation sites (tertiary alicyclic amines) is 1. The van der Waals surface area contributed by atoms with Crippen LogP contribution in [0.1, 0.15) is 57.2 Å². The molecule has 0 bridgehead atoms. The molecule has 37 heavy (non-hydrogen) atoms. The van der Waals surface area contributed by atoms with Gasteiger partial charge in [-0.15, -0.1) is 0 Å². The van der Waals surface area contributed by atoms with Gasteiger partial charge in [0.05, 0.1) is 11.1 Å². The second-order valence-corrected chi connectivity index (χ2v) is 12.5. The van der Waals surface area contributed by atoms with E-state index in [0.29, 0.717) is 23.7 Å². The molecule has 2 aromatic carbocycles. The summed E-state index contributed by atoms with van der Waals surface area (Å²) in [5.41, 5.74) is 0.223. The van der Waals surface area contributed by atoms with Gasteiger partial charge in [-0.3, -0.25) is 4.79 Å². The number of piperidine rings is 1. The predicted octanol–water partition coefficient (Wildman–Crippen LogP) is 5.89. The van der Waals surface area contributed by atoms with Gasteiger partial charge in [-0.2, -0.15) is 0 Å². The molecular formula is C28H33Cl2FN4O2. The molecule has 2 aromatic rings. The van der Waals surface area contributed by atoms with Crippen molar-refractivity contribution in [3.8, 4) is 0 Å². The molecule has 2 saturated heterocycles. The molecule has 1 spiro atoms. The fourth-order valence-corrected chi connectivity index (χ4v) is 6.85. The molecule has 0 aromatic heterocycles. The van der Waals surface area contributed by atoms with Gasteiger partial charge in [0.2, 0.25) is 5.91 Å². The molecule has 0 radical (unpaired) electrons. The number of rotatable bonds is 3. The van der Waals surface area contributed by atoms with Crippen molar-refractivity contribution >= 4 is 40.8 Å². The van der Waals surface area contributed by atoms with E-state index in [4.69, 9.17) is 23.2 Å². The minimum atomic E-state index is -1.20. The number of carbonyl (C=O) groups excluding carboxylic acids is 2. The van der Waals surface area contributed by atoms with Crippen molar-refractivity contribution in [2.24, 2.45) is 11.3 Å². The first-order chi connectivity index (χ1) is 17.5. The number of benzene rings is 2. The lowest BCUT2D eigenvalue weighted by Gasteiger charge is -2.38. The van der Waals surface area contributed by atoms with Gasteiger partial charge in [0.1, 0.15) is 11.2 Å². The van der Waals surface area contributed by atoms with Gasteiger partial charge in [-0.05, 0) is 67.4 Å². The van der Waals surface area contributed by atoms with Crippen LogP contribution in [0.2, 0.25) is 10.0 Å². The van der Waals surface area contributed by atoms with Gasteiger partial charge >= 0.3 is 6.03 Å². The Balaban J connectivity index is 1.70. The third-order valence-corrected chi connectivity index (χ3v) is 8.44. The summed E-state index contributed by atoms with van der Waals surface area (Å²) in [6, 6.07) is 8.94. The van der Waals surface area contributed by atoms with Crippen molar-refractivity contribution in [1.82, 2.24) is 15.5 Å². The van der Waals surface area contributed by atoms with E-state index in [1.54, 1.807) is 29.2 Å². The number of hydrogen-bond acceptors (Lipinski definition) is 3. The maximum absolute atomic E-state index is 15.8. The van der Waals surface area contributed by atoms with Crippen LogP contribution in [-0.2, 0) is 10.2 Å². The Labute approximate surface area is 227 Å². The Morgan fingerprint density at radius 3 is 2.62 bits per heavy atom. The largest absolute Gasteiger partial charge is 0.335 e. The van der Waals surface area contributed by atoms with Gasteiger partial charge in [-0.25, -0.2) is 9.18 Å². The number of halogens is 3. The molecule has 5 rings (SSSR count). The lowest BCUT2D eigenvalue weighted by atomic mass is 9.63. The third kappa shape index (κ3) is 4.59. The molecule has 198 valence electrons. The summed E-state index contributed by atoms with van der Waals surface area (Å²) >= 11 is 12.5. The Bertz CT molecular complexity index is 1230. The summed E-state index contributed by atoms with van der Waals surface area (Å²) in [4.78, 5) is 29.7. The van der Waals surface area contributed by atoms with Gasteiger partial charge in [0.25, 0.3) is 0 Å². The average Bonchev–Trinajstić information content (AvgIpc) is 3.30. The number of carbonyl (C=O) groups is 2. The molecule has 2 fully saturated rings. The maximum atomic E-state index is 15.8. The molecule has 3 amide bonds. The number of anilines is 1. The summed E-state index contributed by atoms with van der Waals surface area (Å²) < 4.78 is 15.8. The molecular weight excluding hydrogens is 514 g/mol. The van der Waals surface area contributed by atoms with Crippen molar-refractivity contribution in [2.45, 2.75) is 57.5 Å². The van der Waals surface area contributed by atoms with E-state index in [1.807, 2.05) is 6.07 Å². The van der Waals surface area contributed by atoms with E-state index in [9.17, 15) is 9.59 Å².